The van der Waals surface area contributed by atoms with Crippen molar-refractivity contribution >= 4 is 41.6 Å². The number of nitrogens with one attached hydrogen (secondary N) is 4. The molecule has 252 valence electrons. The Bertz CT molecular complexity index is 1010. The Labute approximate surface area is 258 Å². The number of carboxylic acids is 1. The smallest absolute Gasteiger partial charge is 0.341 e. The molecule has 0 heterocycles. The van der Waals surface area contributed by atoms with Gasteiger partial charge in [0.05, 0.1) is 7.11 Å². The summed E-state index contributed by atoms with van der Waals surface area (Å²) in [6.07, 6.45) is 1.02. The second-order valence-corrected chi connectivity index (χ2v) is 10.9. The summed E-state index contributed by atoms with van der Waals surface area (Å²) >= 11 is 0. The molecule has 0 saturated carbocycles. The van der Waals surface area contributed by atoms with Crippen molar-refractivity contribution in [1.82, 2.24) is 26.3 Å². The van der Waals surface area contributed by atoms with Gasteiger partial charge in [-0.1, -0.05) is 27.7 Å². The van der Waals surface area contributed by atoms with E-state index in [1.165, 1.54) is 14.2 Å². The Balaban J connectivity index is 5.79. The number of carbonyl (C=O) groups is 5. The first-order valence-corrected chi connectivity index (χ1v) is 14.3. The van der Waals surface area contributed by atoms with Gasteiger partial charge in [-0.05, 0) is 43.9 Å². The third kappa shape index (κ3) is 16.3. The van der Waals surface area contributed by atoms with Gasteiger partial charge in [0.15, 0.2) is 11.9 Å². The van der Waals surface area contributed by atoms with E-state index in [0.29, 0.717) is 12.8 Å². The summed E-state index contributed by atoms with van der Waals surface area (Å²) in [5.74, 6) is -3.99. The Morgan fingerprint density at radius 1 is 0.750 bits per heavy atom. The second-order valence-electron chi connectivity index (χ2n) is 10.9. The SMILES string of the molecule is CON(C)C(=O)N[C@@H](CCCN=C(N)N)C(=O)N[C@@H](CC(C)C)C(=O)N[C@H](C(=O)N[C@@H](CCCN=C(N)N)C(=O)O)C(C)C. The fourth-order valence-electron chi connectivity index (χ4n) is 3.88. The van der Waals surface area contributed by atoms with Gasteiger partial charge in [-0.25, -0.2) is 14.7 Å². The number of carboxylic acid groups (broad SMARTS) is 1. The molecule has 0 aromatic heterocycles. The minimum atomic E-state index is -1.26. The lowest BCUT2D eigenvalue weighted by molar-refractivity contribution is -0.142. The van der Waals surface area contributed by atoms with Crippen LogP contribution in [0.1, 0.15) is 59.8 Å². The molecule has 5 amide bonds. The quantitative estimate of drug-likeness (QED) is 0.0304. The molecule has 0 unspecified atom stereocenters. The lowest BCUT2D eigenvalue weighted by Gasteiger charge is -2.28. The van der Waals surface area contributed by atoms with Gasteiger partial charge in [0.25, 0.3) is 0 Å². The van der Waals surface area contributed by atoms with Gasteiger partial charge in [0, 0.05) is 20.1 Å². The molecule has 44 heavy (non-hydrogen) atoms. The average Bonchev–Trinajstić information content (AvgIpc) is 2.92. The Morgan fingerprint density at radius 3 is 1.66 bits per heavy atom. The summed E-state index contributed by atoms with van der Waals surface area (Å²) in [5.41, 5.74) is 21.3. The zero-order valence-corrected chi connectivity index (χ0v) is 26.5. The Morgan fingerprint density at radius 2 is 1.23 bits per heavy atom. The third-order valence-corrected chi connectivity index (χ3v) is 6.27. The minimum Gasteiger partial charge on any atom is -0.480 e. The van der Waals surface area contributed by atoms with Crippen molar-refractivity contribution < 1.29 is 33.9 Å². The number of carbonyl (C=O) groups excluding carboxylic acids is 4. The lowest BCUT2D eigenvalue weighted by Crippen LogP contribution is -2.59. The van der Waals surface area contributed by atoms with Crippen LogP contribution < -0.4 is 44.2 Å². The number of aliphatic carboxylic acids is 1. The molecule has 0 aromatic carbocycles. The predicted molar refractivity (Wildman–Crippen MR) is 165 cm³/mol. The number of amides is 5. The van der Waals surface area contributed by atoms with Crippen LogP contribution in [0.5, 0.6) is 0 Å². The lowest BCUT2D eigenvalue weighted by atomic mass is 9.99. The molecule has 18 nitrogen and oxygen atoms in total. The molecule has 0 spiro atoms. The molecule has 0 fully saturated rings. The molecular weight excluding hydrogens is 578 g/mol. The van der Waals surface area contributed by atoms with Crippen LogP contribution in [0.25, 0.3) is 0 Å². The van der Waals surface area contributed by atoms with Gasteiger partial charge in [-0.15, -0.1) is 0 Å². The van der Waals surface area contributed by atoms with Crippen molar-refractivity contribution in [3.05, 3.63) is 0 Å². The van der Waals surface area contributed by atoms with Gasteiger partial charge in [0.2, 0.25) is 17.7 Å². The highest BCUT2D eigenvalue weighted by Crippen LogP contribution is 2.10. The summed E-state index contributed by atoms with van der Waals surface area (Å²) in [6, 6.07) is -5.20. The standard InChI is InChI=1S/C26H51N11O7/c1-14(2)13-18(34-20(38)16(9-7-11-31-24(27)28)35-26(43)37(5)44-6)21(39)36-19(15(3)4)22(40)33-17(23(41)42)10-8-12-32-25(29)30/h14-19H,7-13H2,1-6H3,(H,33,40)(H,34,38)(H,35,43)(H,36,39)(H,41,42)(H4,27,28,31)(H4,29,30,32)/t16-,17-,18-,19-/m0/s1. The van der Waals surface area contributed by atoms with Crippen LogP contribution in [0.15, 0.2) is 9.98 Å². The van der Waals surface area contributed by atoms with Crippen LogP contribution in [-0.4, -0.2) is 103 Å². The molecule has 13 N–H and O–H groups in total. The number of guanidine groups is 2. The molecule has 0 saturated heterocycles. The molecule has 0 aliphatic heterocycles. The van der Waals surface area contributed by atoms with E-state index in [1.54, 1.807) is 13.8 Å². The largest absolute Gasteiger partial charge is 0.480 e. The highest BCUT2D eigenvalue weighted by Gasteiger charge is 2.33. The summed E-state index contributed by atoms with van der Waals surface area (Å²) in [5, 5.41) is 20.8. The van der Waals surface area contributed by atoms with Crippen molar-refractivity contribution in [3.8, 4) is 0 Å². The van der Waals surface area contributed by atoms with Crippen molar-refractivity contribution in [3.63, 3.8) is 0 Å². The first kappa shape index (κ1) is 39.6. The maximum atomic E-state index is 13.4. The number of nitrogens with two attached hydrogens (primary N) is 4. The van der Waals surface area contributed by atoms with Crippen molar-refractivity contribution in [1.29, 1.82) is 0 Å². The van der Waals surface area contributed by atoms with E-state index in [4.69, 9.17) is 27.8 Å². The van der Waals surface area contributed by atoms with Crippen LogP contribution >= 0.6 is 0 Å². The molecule has 0 rings (SSSR count). The summed E-state index contributed by atoms with van der Waals surface area (Å²) in [7, 11) is 2.64. The molecular formula is C26H51N11O7. The number of hydrogen-bond donors (Lipinski definition) is 9. The summed E-state index contributed by atoms with van der Waals surface area (Å²) < 4.78 is 0. The van der Waals surface area contributed by atoms with E-state index in [1.807, 2.05) is 13.8 Å². The van der Waals surface area contributed by atoms with Crippen LogP contribution in [0.2, 0.25) is 0 Å². The Hall–Kier alpha value is -4.35. The fourth-order valence-corrected chi connectivity index (χ4v) is 3.88. The molecule has 0 radical (unpaired) electrons. The first-order valence-electron chi connectivity index (χ1n) is 14.3. The van der Waals surface area contributed by atoms with Gasteiger partial charge >= 0.3 is 12.0 Å². The molecule has 0 aliphatic carbocycles. The van der Waals surface area contributed by atoms with Gasteiger partial charge < -0.3 is 49.3 Å². The van der Waals surface area contributed by atoms with Gasteiger partial charge in [0.1, 0.15) is 24.2 Å². The van der Waals surface area contributed by atoms with Gasteiger partial charge in [-0.3, -0.25) is 29.2 Å². The zero-order chi connectivity index (χ0) is 34.0. The highest BCUT2D eigenvalue weighted by molar-refractivity contribution is 5.95. The number of aliphatic imine (C=N–C) groups is 2. The molecule has 0 bridgehead atoms. The first-order chi connectivity index (χ1) is 20.5. The molecule has 4 atom stereocenters. The maximum Gasteiger partial charge on any atom is 0.341 e. The highest BCUT2D eigenvalue weighted by atomic mass is 16.7. The van der Waals surface area contributed by atoms with Crippen molar-refractivity contribution in [2.45, 2.75) is 84.0 Å². The Kier molecular flexibility index (Phi) is 18.5. The van der Waals surface area contributed by atoms with Crippen molar-refractivity contribution in [2.75, 3.05) is 27.2 Å². The molecule has 0 aliphatic rings. The summed E-state index contributed by atoms with van der Waals surface area (Å²) in [6.45, 7) is 7.45. The van der Waals surface area contributed by atoms with E-state index in [9.17, 15) is 29.1 Å². The average molecular weight is 630 g/mol. The van der Waals surface area contributed by atoms with E-state index >= 15 is 0 Å². The fraction of sp³-hybridized carbons (Fsp3) is 0.731. The normalized spacial score (nSPS) is 13.5. The van der Waals surface area contributed by atoms with E-state index < -0.39 is 59.8 Å². The predicted octanol–water partition coefficient (Wildman–Crippen LogP) is -2.09. The van der Waals surface area contributed by atoms with Crippen LogP contribution in [-0.2, 0) is 24.0 Å². The van der Waals surface area contributed by atoms with Crippen molar-refractivity contribution in [2.24, 2.45) is 44.8 Å². The number of nitrogens with zero attached hydrogens (tertiary/aromatic N) is 3. The monoisotopic (exact) mass is 629 g/mol. The number of hydrogen-bond acceptors (Lipinski definition) is 8. The number of rotatable bonds is 20. The molecule has 0 aromatic rings. The van der Waals surface area contributed by atoms with Crippen LogP contribution in [0.4, 0.5) is 4.79 Å². The van der Waals surface area contributed by atoms with E-state index in [2.05, 4.69) is 31.3 Å². The third-order valence-electron chi connectivity index (χ3n) is 6.27. The van der Waals surface area contributed by atoms with E-state index in [-0.39, 0.29) is 50.2 Å². The number of hydroxylamine groups is 2. The van der Waals surface area contributed by atoms with Crippen LogP contribution in [0.3, 0.4) is 0 Å². The topological polar surface area (TPSA) is 295 Å². The van der Waals surface area contributed by atoms with Gasteiger partial charge in [-0.2, -0.15) is 0 Å². The maximum absolute atomic E-state index is 13.4. The molecule has 18 heteroatoms. The minimum absolute atomic E-state index is 0.0477. The second kappa shape index (κ2) is 20.5. The summed E-state index contributed by atoms with van der Waals surface area (Å²) in [4.78, 5) is 76.6. The number of urea groups is 1. The van der Waals surface area contributed by atoms with E-state index in [0.717, 1.165) is 5.06 Å². The zero-order valence-electron chi connectivity index (χ0n) is 26.5. The van der Waals surface area contributed by atoms with Crippen LogP contribution in [0, 0.1) is 11.8 Å².